The maximum atomic E-state index is 13.1. The Balaban J connectivity index is 1.55. The first-order valence-electron chi connectivity index (χ1n) is 8.37. The highest BCUT2D eigenvalue weighted by Crippen LogP contribution is 2.20. The Morgan fingerprint density at radius 2 is 1.76 bits per heavy atom. The average molecular weight is 399 g/mol. The second-order valence-electron chi connectivity index (χ2n) is 6.24. The quantitative estimate of drug-likeness (QED) is 0.664. The first-order chi connectivity index (χ1) is 12.1. The highest BCUT2D eigenvalue weighted by Gasteiger charge is 2.26. The van der Waals surface area contributed by atoms with E-state index in [9.17, 15) is 4.79 Å². The smallest absolute Gasteiger partial charge is 0.272 e. The minimum atomic E-state index is 0.0517. The van der Waals surface area contributed by atoms with Crippen LogP contribution in [0.3, 0.4) is 0 Å². The number of benzene rings is 1. The number of nitrogens with zero attached hydrogens (tertiary/aromatic N) is 4. The molecule has 1 aliphatic rings. The van der Waals surface area contributed by atoms with Gasteiger partial charge in [-0.1, -0.05) is 18.2 Å². The molecule has 0 radical (unpaired) electrons. The molecule has 0 spiro atoms. The number of aromatic nitrogens is 2. The summed E-state index contributed by atoms with van der Waals surface area (Å²) in [7, 11) is 0. The van der Waals surface area contributed by atoms with Crippen molar-refractivity contribution in [3.05, 3.63) is 64.5 Å². The van der Waals surface area contributed by atoms with Gasteiger partial charge in [0.2, 0.25) is 0 Å². The van der Waals surface area contributed by atoms with Gasteiger partial charge in [-0.25, -0.2) is 4.98 Å². The van der Waals surface area contributed by atoms with Crippen molar-refractivity contribution in [2.45, 2.75) is 6.92 Å². The molecule has 6 heteroatoms. The lowest BCUT2D eigenvalue weighted by molar-refractivity contribution is 0.0739. The van der Waals surface area contributed by atoms with Crippen molar-refractivity contribution in [2.75, 3.05) is 31.1 Å². The summed E-state index contributed by atoms with van der Waals surface area (Å²) >= 11 is 3.47. The molecular formula is C19H19BrN4O. The van der Waals surface area contributed by atoms with E-state index in [4.69, 9.17) is 0 Å². The summed E-state index contributed by atoms with van der Waals surface area (Å²) in [6, 6.07) is 14.2. The van der Waals surface area contributed by atoms with Gasteiger partial charge in [-0.15, -0.1) is 0 Å². The predicted molar refractivity (Wildman–Crippen MR) is 102 cm³/mol. The van der Waals surface area contributed by atoms with E-state index in [1.807, 2.05) is 52.8 Å². The highest BCUT2D eigenvalue weighted by molar-refractivity contribution is 9.10. The predicted octanol–water partition coefficient (Wildman–Crippen LogP) is 3.37. The van der Waals surface area contributed by atoms with E-state index < -0.39 is 0 Å². The van der Waals surface area contributed by atoms with Crippen molar-refractivity contribution in [3.8, 4) is 0 Å². The molecule has 1 aliphatic heterocycles. The molecule has 25 heavy (non-hydrogen) atoms. The third kappa shape index (κ3) is 3.02. The fourth-order valence-electron chi connectivity index (χ4n) is 3.35. The number of piperazine rings is 1. The zero-order valence-electron chi connectivity index (χ0n) is 14.0. The first kappa shape index (κ1) is 16.1. The molecule has 1 saturated heterocycles. The number of rotatable bonds is 2. The highest BCUT2D eigenvalue weighted by atomic mass is 79.9. The van der Waals surface area contributed by atoms with Crippen LogP contribution in [0.5, 0.6) is 0 Å². The lowest BCUT2D eigenvalue weighted by atomic mass is 10.2. The topological polar surface area (TPSA) is 40.9 Å². The second-order valence-corrected chi connectivity index (χ2v) is 7.15. The van der Waals surface area contributed by atoms with E-state index in [1.54, 1.807) is 0 Å². The van der Waals surface area contributed by atoms with Crippen LogP contribution in [0.4, 0.5) is 5.69 Å². The molecule has 0 N–H and O–H groups in total. The summed E-state index contributed by atoms with van der Waals surface area (Å²) in [6.07, 6.45) is 1.91. The van der Waals surface area contributed by atoms with Gasteiger partial charge in [0.05, 0.1) is 5.69 Å². The third-order valence-electron chi connectivity index (χ3n) is 4.65. The number of para-hydroxylation sites is 1. The number of fused-ring (bicyclic) bond motifs is 1. The normalized spacial score (nSPS) is 15.0. The largest absolute Gasteiger partial charge is 0.368 e. The van der Waals surface area contributed by atoms with Crippen molar-refractivity contribution >= 4 is 33.2 Å². The first-order valence-corrected chi connectivity index (χ1v) is 9.16. The van der Waals surface area contributed by atoms with Crippen molar-refractivity contribution in [1.82, 2.24) is 14.3 Å². The second kappa shape index (κ2) is 6.52. The van der Waals surface area contributed by atoms with Gasteiger partial charge in [0.1, 0.15) is 11.3 Å². The lowest BCUT2D eigenvalue weighted by Crippen LogP contribution is -2.49. The monoisotopic (exact) mass is 398 g/mol. The van der Waals surface area contributed by atoms with Crippen LogP contribution >= 0.6 is 15.9 Å². The number of carbonyl (C=O) groups is 1. The van der Waals surface area contributed by atoms with Gasteiger partial charge in [-0.05, 0) is 47.1 Å². The van der Waals surface area contributed by atoms with Crippen LogP contribution in [0.1, 0.15) is 16.2 Å². The Labute approximate surface area is 155 Å². The van der Waals surface area contributed by atoms with Crippen LogP contribution in [0.2, 0.25) is 0 Å². The molecule has 4 rings (SSSR count). The molecule has 1 amide bonds. The maximum absolute atomic E-state index is 13.1. The van der Waals surface area contributed by atoms with E-state index >= 15 is 0 Å². The standard InChI is InChI=1S/C19H19BrN4O/c1-14-18(24-13-15(20)7-8-17(24)21-14)19(25)23-11-9-22(10-12-23)16-5-3-2-4-6-16/h2-8,13H,9-12H2,1H3. The summed E-state index contributed by atoms with van der Waals surface area (Å²) in [6.45, 7) is 5.02. The van der Waals surface area contributed by atoms with Crippen LogP contribution in [0, 0.1) is 6.92 Å². The van der Waals surface area contributed by atoms with E-state index in [2.05, 4.69) is 37.9 Å². The van der Waals surface area contributed by atoms with Gasteiger partial charge >= 0.3 is 0 Å². The fraction of sp³-hybridized carbons (Fsp3) is 0.263. The number of hydrogen-bond donors (Lipinski definition) is 0. The minimum absolute atomic E-state index is 0.0517. The molecule has 0 bridgehead atoms. The van der Waals surface area contributed by atoms with Crippen LogP contribution < -0.4 is 4.90 Å². The third-order valence-corrected chi connectivity index (χ3v) is 5.12. The van der Waals surface area contributed by atoms with Crippen molar-refractivity contribution in [2.24, 2.45) is 0 Å². The lowest BCUT2D eigenvalue weighted by Gasteiger charge is -2.36. The van der Waals surface area contributed by atoms with Crippen LogP contribution in [0.15, 0.2) is 53.1 Å². The van der Waals surface area contributed by atoms with Gasteiger partial charge in [0, 0.05) is 42.5 Å². The number of carbonyl (C=O) groups excluding carboxylic acids is 1. The fourth-order valence-corrected chi connectivity index (χ4v) is 3.69. The van der Waals surface area contributed by atoms with Gasteiger partial charge in [0.15, 0.2) is 0 Å². The summed E-state index contributed by atoms with van der Waals surface area (Å²) in [5.41, 5.74) is 3.44. The van der Waals surface area contributed by atoms with Crippen molar-refractivity contribution in [3.63, 3.8) is 0 Å². The molecule has 2 aromatic heterocycles. The SMILES string of the molecule is Cc1nc2ccc(Br)cn2c1C(=O)N1CCN(c2ccccc2)CC1. The minimum Gasteiger partial charge on any atom is -0.368 e. The van der Waals surface area contributed by atoms with Crippen molar-refractivity contribution < 1.29 is 4.79 Å². The van der Waals surface area contributed by atoms with Gasteiger partial charge in [0.25, 0.3) is 5.91 Å². The number of anilines is 1. The van der Waals surface area contributed by atoms with Crippen LogP contribution in [0.25, 0.3) is 5.65 Å². The van der Waals surface area contributed by atoms with E-state index in [0.717, 1.165) is 28.9 Å². The van der Waals surface area contributed by atoms with E-state index in [0.29, 0.717) is 18.8 Å². The van der Waals surface area contributed by atoms with E-state index in [1.165, 1.54) is 5.69 Å². The Hall–Kier alpha value is -2.34. The van der Waals surface area contributed by atoms with Gasteiger partial charge in [-0.3, -0.25) is 9.20 Å². The summed E-state index contributed by atoms with van der Waals surface area (Å²) in [4.78, 5) is 21.8. The Bertz CT molecular complexity index is 914. The zero-order chi connectivity index (χ0) is 17.4. The summed E-state index contributed by atoms with van der Waals surface area (Å²) in [5, 5.41) is 0. The summed E-state index contributed by atoms with van der Waals surface area (Å²) in [5.74, 6) is 0.0517. The van der Waals surface area contributed by atoms with E-state index in [-0.39, 0.29) is 5.91 Å². The number of pyridine rings is 1. The molecule has 5 nitrogen and oxygen atoms in total. The molecule has 0 saturated carbocycles. The van der Waals surface area contributed by atoms with Crippen molar-refractivity contribution in [1.29, 1.82) is 0 Å². The molecule has 3 aromatic rings. The van der Waals surface area contributed by atoms with Gasteiger partial charge < -0.3 is 9.80 Å². The molecular weight excluding hydrogens is 380 g/mol. The maximum Gasteiger partial charge on any atom is 0.272 e. The molecule has 0 aliphatic carbocycles. The average Bonchev–Trinajstić information content (AvgIpc) is 2.97. The Morgan fingerprint density at radius 1 is 1.04 bits per heavy atom. The number of imidazole rings is 1. The molecule has 1 fully saturated rings. The molecule has 0 unspecified atom stereocenters. The van der Waals surface area contributed by atoms with Crippen LogP contribution in [-0.4, -0.2) is 46.4 Å². The number of aryl methyl sites for hydroxylation is 1. The molecule has 0 atom stereocenters. The van der Waals surface area contributed by atoms with Gasteiger partial charge in [-0.2, -0.15) is 0 Å². The summed E-state index contributed by atoms with van der Waals surface area (Å²) < 4.78 is 2.81. The Kier molecular flexibility index (Phi) is 4.21. The molecule has 128 valence electrons. The van der Waals surface area contributed by atoms with Crippen LogP contribution in [-0.2, 0) is 0 Å². The number of halogens is 1. The molecule has 1 aromatic carbocycles. The Morgan fingerprint density at radius 3 is 2.48 bits per heavy atom. The number of hydrogen-bond acceptors (Lipinski definition) is 3. The zero-order valence-corrected chi connectivity index (χ0v) is 15.6. The number of amides is 1. The molecule has 3 heterocycles.